The molecule has 0 saturated carbocycles. The van der Waals surface area contributed by atoms with Crippen molar-refractivity contribution in [3.63, 3.8) is 0 Å². The minimum Gasteiger partial charge on any atom is -0.466 e. The highest BCUT2D eigenvalue weighted by molar-refractivity contribution is 7.19. The molecule has 2 heterocycles. The zero-order chi connectivity index (χ0) is 14.5. The van der Waals surface area contributed by atoms with E-state index in [-0.39, 0.29) is 15.9 Å². The molecule has 0 unspecified atom stereocenters. The number of nitrogens with zero attached hydrogens (tertiary/aromatic N) is 2. The quantitative estimate of drug-likeness (QED) is 0.475. The number of hydrogen-bond donors (Lipinski definition) is 0. The van der Waals surface area contributed by atoms with Gasteiger partial charge in [-0.3, -0.25) is 14.9 Å². The summed E-state index contributed by atoms with van der Waals surface area (Å²) in [6.45, 7) is 3.72. The summed E-state index contributed by atoms with van der Waals surface area (Å²) >= 11 is 1.23. The third-order valence-electron chi connectivity index (χ3n) is 3.52. The predicted molar refractivity (Wildman–Crippen MR) is 77.2 cm³/mol. The van der Waals surface area contributed by atoms with Gasteiger partial charge < -0.3 is 9.64 Å². The molecule has 6 nitrogen and oxygen atoms in total. The average Bonchev–Trinajstić information content (AvgIpc) is 2.89. The molecular weight excluding hydrogens is 280 g/mol. The highest BCUT2D eigenvalue weighted by atomic mass is 32.1. The van der Waals surface area contributed by atoms with Crippen molar-refractivity contribution in [2.24, 2.45) is 5.92 Å². The van der Waals surface area contributed by atoms with Gasteiger partial charge in [-0.2, -0.15) is 0 Å². The van der Waals surface area contributed by atoms with E-state index in [1.165, 1.54) is 18.3 Å². The van der Waals surface area contributed by atoms with Gasteiger partial charge in [0.05, 0.1) is 16.5 Å². The summed E-state index contributed by atoms with van der Waals surface area (Å²) < 4.78 is 4.96. The summed E-state index contributed by atoms with van der Waals surface area (Å²) in [4.78, 5) is 23.2. The SMILES string of the molecule is CC(=O)OCCC1CCN(c2ccc([N+](=O)[O-])s2)CC1. The molecule has 2 rings (SSSR count). The first-order valence-corrected chi connectivity index (χ1v) is 7.50. The number of thiophene rings is 1. The molecule has 1 aliphatic rings. The Bertz CT molecular complexity index is 480. The van der Waals surface area contributed by atoms with Crippen LogP contribution in [0, 0.1) is 16.0 Å². The van der Waals surface area contributed by atoms with E-state index in [1.807, 2.05) is 6.07 Å². The second-order valence-corrected chi connectivity index (χ2v) is 5.97. The van der Waals surface area contributed by atoms with Crippen LogP contribution in [0.4, 0.5) is 10.0 Å². The minimum absolute atomic E-state index is 0.192. The lowest BCUT2D eigenvalue weighted by molar-refractivity contribution is -0.380. The lowest BCUT2D eigenvalue weighted by atomic mass is 9.94. The first-order valence-electron chi connectivity index (χ1n) is 6.69. The fraction of sp³-hybridized carbons (Fsp3) is 0.615. The second-order valence-electron chi connectivity index (χ2n) is 4.93. The molecular formula is C13H18N2O4S. The predicted octanol–water partition coefficient (Wildman–Crippen LogP) is 2.83. The monoisotopic (exact) mass is 298 g/mol. The molecule has 1 aliphatic heterocycles. The van der Waals surface area contributed by atoms with Crippen LogP contribution in [-0.2, 0) is 9.53 Å². The molecule has 1 aromatic heterocycles. The van der Waals surface area contributed by atoms with E-state index in [9.17, 15) is 14.9 Å². The Morgan fingerprint density at radius 1 is 1.50 bits per heavy atom. The number of rotatable bonds is 5. The van der Waals surface area contributed by atoms with Gasteiger partial charge in [0.2, 0.25) is 0 Å². The number of ether oxygens (including phenoxy) is 1. The van der Waals surface area contributed by atoms with Gasteiger partial charge in [-0.15, -0.1) is 0 Å². The maximum absolute atomic E-state index is 10.7. The van der Waals surface area contributed by atoms with Crippen molar-refractivity contribution in [2.75, 3.05) is 24.6 Å². The highest BCUT2D eigenvalue weighted by Gasteiger charge is 2.22. The smallest absolute Gasteiger partial charge is 0.326 e. The van der Waals surface area contributed by atoms with Crippen LogP contribution in [-0.4, -0.2) is 30.6 Å². The highest BCUT2D eigenvalue weighted by Crippen LogP contribution is 2.34. The van der Waals surface area contributed by atoms with Crippen LogP contribution >= 0.6 is 11.3 Å². The normalized spacial score (nSPS) is 16.1. The second kappa shape index (κ2) is 6.69. The van der Waals surface area contributed by atoms with Gasteiger partial charge in [0.15, 0.2) is 0 Å². The van der Waals surface area contributed by atoms with Crippen molar-refractivity contribution >= 4 is 27.3 Å². The van der Waals surface area contributed by atoms with Crippen molar-refractivity contribution in [3.8, 4) is 0 Å². The zero-order valence-corrected chi connectivity index (χ0v) is 12.2. The van der Waals surface area contributed by atoms with Crippen molar-refractivity contribution in [1.82, 2.24) is 0 Å². The number of carbonyl (C=O) groups is 1. The Labute approximate surface area is 121 Å². The Morgan fingerprint density at radius 3 is 2.75 bits per heavy atom. The first-order chi connectivity index (χ1) is 9.56. The molecule has 1 fully saturated rings. The van der Waals surface area contributed by atoms with Crippen LogP contribution in [0.5, 0.6) is 0 Å². The summed E-state index contributed by atoms with van der Waals surface area (Å²) in [7, 11) is 0. The molecule has 0 aromatic carbocycles. The first kappa shape index (κ1) is 14.8. The number of esters is 1. The van der Waals surface area contributed by atoms with Crippen molar-refractivity contribution in [2.45, 2.75) is 26.2 Å². The third-order valence-corrected chi connectivity index (χ3v) is 4.61. The van der Waals surface area contributed by atoms with Gasteiger partial charge in [0.25, 0.3) is 0 Å². The van der Waals surface area contributed by atoms with Crippen molar-refractivity contribution < 1.29 is 14.5 Å². The standard InChI is InChI=1S/C13H18N2O4S/c1-10(16)19-9-6-11-4-7-14(8-5-11)12-2-3-13(20-12)15(17)18/h2-3,11H,4-9H2,1H3. The Kier molecular flexibility index (Phi) is 4.94. The van der Waals surface area contributed by atoms with E-state index in [0.717, 1.165) is 37.4 Å². The van der Waals surface area contributed by atoms with Gasteiger partial charge in [-0.25, -0.2) is 0 Å². The Morgan fingerprint density at radius 2 is 2.20 bits per heavy atom. The molecule has 20 heavy (non-hydrogen) atoms. The fourth-order valence-corrected chi connectivity index (χ4v) is 3.27. The summed E-state index contributed by atoms with van der Waals surface area (Å²) in [5.74, 6) is 0.342. The van der Waals surface area contributed by atoms with Gasteiger partial charge in [0.1, 0.15) is 0 Å². The van der Waals surface area contributed by atoms with Crippen molar-refractivity contribution in [3.05, 3.63) is 22.2 Å². The summed E-state index contributed by atoms with van der Waals surface area (Å²) in [6, 6.07) is 3.38. The molecule has 0 aliphatic carbocycles. The molecule has 0 bridgehead atoms. The number of carbonyl (C=O) groups excluding carboxylic acids is 1. The van der Waals surface area contributed by atoms with E-state index < -0.39 is 0 Å². The van der Waals surface area contributed by atoms with E-state index in [1.54, 1.807) is 6.07 Å². The van der Waals surface area contributed by atoms with Crippen LogP contribution < -0.4 is 4.90 Å². The number of nitro groups is 1. The van der Waals surface area contributed by atoms with E-state index in [0.29, 0.717) is 12.5 Å². The van der Waals surface area contributed by atoms with Gasteiger partial charge in [-0.1, -0.05) is 0 Å². The van der Waals surface area contributed by atoms with Gasteiger partial charge in [0, 0.05) is 26.1 Å². The number of hydrogen-bond acceptors (Lipinski definition) is 6. The lowest BCUT2D eigenvalue weighted by Gasteiger charge is -2.32. The summed E-state index contributed by atoms with van der Waals surface area (Å²) in [5.41, 5.74) is 0. The van der Waals surface area contributed by atoms with Gasteiger partial charge >= 0.3 is 11.0 Å². The van der Waals surface area contributed by atoms with Crippen LogP contribution in [0.1, 0.15) is 26.2 Å². The maximum atomic E-state index is 10.7. The summed E-state index contributed by atoms with van der Waals surface area (Å²) in [5, 5.41) is 11.8. The van der Waals surface area contributed by atoms with E-state index in [4.69, 9.17) is 4.74 Å². The van der Waals surface area contributed by atoms with E-state index >= 15 is 0 Å². The molecule has 1 aromatic rings. The lowest BCUT2D eigenvalue weighted by Crippen LogP contribution is -2.33. The molecule has 1 saturated heterocycles. The van der Waals surface area contributed by atoms with Crippen LogP contribution in [0.2, 0.25) is 0 Å². The van der Waals surface area contributed by atoms with Gasteiger partial charge in [-0.05, 0) is 42.6 Å². The minimum atomic E-state index is -0.347. The largest absolute Gasteiger partial charge is 0.466 e. The van der Waals surface area contributed by atoms with Crippen molar-refractivity contribution in [1.29, 1.82) is 0 Å². The topological polar surface area (TPSA) is 72.7 Å². The molecule has 0 spiro atoms. The Balaban J connectivity index is 1.78. The fourth-order valence-electron chi connectivity index (χ4n) is 2.40. The molecule has 110 valence electrons. The van der Waals surface area contributed by atoms with Crippen LogP contribution in [0.25, 0.3) is 0 Å². The molecule has 0 N–H and O–H groups in total. The van der Waals surface area contributed by atoms with E-state index in [2.05, 4.69) is 4.90 Å². The van der Waals surface area contributed by atoms with Crippen LogP contribution in [0.15, 0.2) is 12.1 Å². The summed E-state index contributed by atoms with van der Waals surface area (Å²) in [6.07, 6.45) is 2.97. The Hall–Kier alpha value is -1.63. The molecule has 0 atom stereocenters. The molecule has 7 heteroatoms. The number of piperidine rings is 1. The maximum Gasteiger partial charge on any atom is 0.326 e. The average molecular weight is 298 g/mol. The zero-order valence-electron chi connectivity index (χ0n) is 11.4. The number of anilines is 1. The third kappa shape index (κ3) is 3.93. The van der Waals surface area contributed by atoms with Crippen LogP contribution in [0.3, 0.4) is 0 Å². The molecule has 0 radical (unpaired) electrons. The molecule has 0 amide bonds.